The molecule has 0 saturated carbocycles. The molecule has 122 valence electrons. The van der Waals surface area contributed by atoms with Crippen LogP contribution in [0.4, 0.5) is 0 Å². The maximum atomic E-state index is 11.7. The fourth-order valence-corrected chi connectivity index (χ4v) is 4.15. The van der Waals surface area contributed by atoms with Crippen LogP contribution in [-0.2, 0) is 10.2 Å². The Balaban J connectivity index is 1.86. The highest BCUT2D eigenvalue weighted by Crippen LogP contribution is 2.35. The van der Waals surface area contributed by atoms with E-state index in [1.165, 1.54) is 4.31 Å². The summed E-state index contributed by atoms with van der Waals surface area (Å²) in [4.78, 5) is 7.36. The van der Waals surface area contributed by atoms with E-state index < -0.39 is 10.2 Å². The summed E-state index contributed by atoms with van der Waals surface area (Å²) in [6.07, 6.45) is 4.30. The lowest BCUT2D eigenvalue weighted by Gasteiger charge is -2.14. The van der Waals surface area contributed by atoms with E-state index in [1.807, 2.05) is 23.6 Å². The lowest BCUT2D eigenvalue weighted by Crippen LogP contribution is -2.35. The van der Waals surface area contributed by atoms with E-state index in [1.54, 1.807) is 6.20 Å². The van der Waals surface area contributed by atoms with Gasteiger partial charge in [-0.3, -0.25) is 4.40 Å². The van der Waals surface area contributed by atoms with Crippen molar-refractivity contribution in [1.82, 2.24) is 28.9 Å². The zero-order valence-corrected chi connectivity index (χ0v) is 13.4. The summed E-state index contributed by atoms with van der Waals surface area (Å²) < 4.78 is 26.6. The Morgan fingerprint density at radius 2 is 2.22 bits per heavy atom. The molecule has 1 aliphatic heterocycles. The Morgan fingerprint density at radius 3 is 2.96 bits per heavy atom. The van der Waals surface area contributed by atoms with Crippen molar-refractivity contribution in [2.75, 3.05) is 13.1 Å². The van der Waals surface area contributed by atoms with Gasteiger partial charge < -0.3 is 4.98 Å². The van der Waals surface area contributed by atoms with Crippen molar-refractivity contribution in [2.45, 2.75) is 19.3 Å². The lowest BCUT2D eigenvalue weighted by atomic mass is 9.93. The number of nitrogens with two attached hydrogens (primary N) is 1. The monoisotopic (exact) mass is 335 g/mol. The molecule has 9 nitrogen and oxygen atoms in total. The number of hydrogen-bond acceptors (Lipinski definition) is 5. The highest BCUT2D eigenvalue weighted by atomic mass is 32.2. The predicted octanol–water partition coefficient (Wildman–Crippen LogP) is 0.235. The maximum absolute atomic E-state index is 11.7. The molecule has 3 aromatic heterocycles. The summed E-state index contributed by atoms with van der Waals surface area (Å²) in [6.45, 7) is 2.78. The largest absolute Gasteiger partial charge is 0.345 e. The van der Waals surface area contributed by atoms with Crippen LogP contribution in [0.2, 0.25) is 0 Å². The van der Waals surface area contributed by atoms with Crippen molar-refractivity contribution in [3.05, 3.63) is 24.3 Å². The molecule has 2 unspecified atom stereocenters. The van der Waals surface area contributed by atoms with E-state index in [9.17, 15) is 8.42 Å². The molecule has 0 amide bonds. The molecule has 0 spiro atoms. The molecule has 1 aliphatic rings. The van der Waals surface area contributed by atoms with Crippen LogP contribution in [0.15, 0.2) is 18.5 Å². The number of aromatic amines is 1. The minimum absolute atomic E-state index is 0.0474. The minimum Gasteiger partial charge on any atom is -0.345 e. The molecule has 0 bridgehead atoms. The summed E-state index contributed by atoms with van der Waals surface area (Å²) >= 11 is 0. The minimum atomic E-state index is -3.70. The standard InChI is InChI=1S/C13H17N7O2S/c1-2-8-6-19(23(14,21)22)7-9(8)13-18-17-11-5-16-12-10(20(11)13)3-4-15-12/h3-5,8-9,15H,2,6-7H2,1H3,(H2,14,21,22). The first kappa shape index (κ1) is 14.5. The molecule has 4 rings (SSSR count). The summed E-state index contributed by atoms with van der Waals surface area (Å²) in [5.41, 5.74) is 2.27. The van der Waals surface area contributed by atoms with Crippen molar-refractivity contribution >= 4 is 27.0 Å². The van der Waals surface area contributed by atoms with E-state index in [0.29, 0.717) is 18.7 Å². The van der Waals surface area contributed by atoms with Gasteiger partial charge in [-0.05, 0) is 12.0 Å². The first-order chi connectivity index (χ1) is 11.0. The smallest absolute Gasteiger partial charge is 0.276 e. The Kier molecular flexibility index (Phi) is 3.15. The quantitative estimate of drug-likeness (QED) is 0.709. The van der Waals surface area contributed by atoms with Crippen molar-refractivity contribution in [2.24, 2.45) is 11.1 Å². The number of fused-ring (bicyclic) bond motifs is 3. The fraction of sp³-hybridized carbons (Fsp3) is 0.462. The van der Waals surface area contributed by atoms with Gasteiger partial charge in [0.2, 0.25) is 0 Å². The van der Waals surface area contributed by atoms with Gasteiger partial charge in [-0.25, -0.2) is 10.1 Å². The van der Waals surface area contributed by atoms with Crippen LogP contribution in [0.5, 0.6) is 0 Å². The fourth-order valence-electron chi connectivity index (χ4n) is 3.38. The van der Waals surface area contributed by atoms with Crippen molar-refractivity contribution in [3.8, 4) is 0 Å². The third-order valence-corrected chi connectivity index (χ3v) is 5.61. The number of rotatable bonds is 3. The Labute approximate surface area is 132 Å². The van der Waals surface area contributed by atoms with Gasteiger partial charge in [0.15, 0.2) is 11.3 Å². The number of nitrogens with zero attached hydrogens (tertiary/aromatic N) is 5. The van der Waals surface area contributed by atoms with Gasteiger partial charge in [0.05, 0.1) is 11.7 Å². The Hall–Kier alpha value is -2.04. The topological polar surface area (TPSA) is 122 Å². The highest BCUT2D eigenvalue weighted by molar-refractivity contribution is 7.86. The average molecular weight is 335 g/mol. The lowest BCUT2D eigenvalue weighted by molar-refractivity contribution is 0.450. The van der Waals surface area contributed by atoms with Gasteiger partial charge in [0.1, 0.15) is 5.82 Å². The summed E-state index contributed by atoms with van der Waals surface area (Å²) in [7, 11) is -3.70. The normalized spacial score (nSPS) is 23.2. The molecular formula is C13H17N7O2S. The molecule has 10 heteroatoms. The highest BCUT2D eigenvalue weighted by Gasteiger charge is 2.39. The zero-order chi connectivity index (χ0) is 16.2. The van der Waals surface area contributed by atoms with Gasteiger partial charge in [-0.15, -0.1) is 10.2 Å². The summed E-state index contributed by atoms with van der Waals surface area (Å²) in [5, 5.41) is 13.8. The summed E-state index contributed by atoms with van der Waals surface area (Å²) in [6, 6.07) is 1.91. The molecular weight excluding hydrogens is 318 g/mol. The van der Waals surface area contributed by atoms with Crippen LogP contribution in [-0.4, -0.2) is 50.4 Å². The molecule has 0 radical (unpaired) electrons. The third-order valence-electron chi connectivity index (χ3n) is 4.59. The van der Waals surface area contributed by atoms with E-state index in [0.717, 1.165) is 23.4 Å². The van der Waals surface area contributed by atoms with E-state index >= 15 is 0 Å². The molecule has 0 aromatic carbocycles. The molecule has 4 heterocycles. The second-order valence-corrected chi connectivity index (χ2v) is 7.40. The van der Waals surface area contributed by atoms with Crippen LogP contribution in [0, 0.1) is 5.92 Å². The molecule has 3 N–H and O–H groups in total. The maximum Gasteiger partial charge on any atom is 0.276 e. The second kappa shape index (κ2) is 4.98. The Bertz CT molecular complexity index is 977. The van der Waals surface area contributed by atoms with Gasteiger partial charge in [0, 0.05) is 25.2 Å². The summed E-state index contributed by atoms with van der Waals surface area (Å²) in [5.74, 6) is 0.863. The number of hydrogen-bond donors (Lipinski definition) is 2. The third kappa shape index (κ3) is 2.21. The molecule has 1 fully saturated rings. The van der Waals surface area contributed by atoms with Crippen molar-refractivity contribution in [3.63, 3.8) is 0 Å². The van der Waals surface area contributed by atoms with Crippen LogP contribution in [0.25, 0.3) is 16.8 Å². The number of aromatic nitrogens is 5. The van der Waals surface area contributed by atoms with Crippen molar-refractivity contribution in [1.29, 1.82) is 0 Å². The number of H-pyrrole nitrogens is 1. The van der Waals surface area contributed by atoms with Gasteiger partial charge >= 0.3 is 0 Å². The van der Waals surface area contributed by atoms with E-state index in [-0.39, 0.29) is 11.8 Å². The van der Waals surface area contributed by atoms with Gasteiger partial charge in [-0.1, -0.05) is 13.3 Å². The molecule has 23 heavy (non-hydrogen) atoms. The van der Waals surface area contributed by atoms with Gasteiger partial charge in [0.25, 0.3) is 10.2 Å². The molecule has 3 aromatic rings. The second-order valence-electron chi connectivity index (χ2n) is 5.86. The molecule has 1 saturated heterocycles. The SMILES string of the molecule is CCC1CN(S(N)(=O)=O)CC1c1nnc2cnc3[nH]ccc3n12. The van der Waals surface area contributed by atoms with Crippen LogP contribution in [0.1, 0.15) is 25.1 Å². The zero-order valence-electron chi connectivity index (χ0n) is 12.5. The predicted molar refractivity (Wildman–Crippen MR) is 83.8 cm³/mol. The first-order valence-electron chi connectivity index (χ1n) is 7.44. The first-order valence-corrected chi connectivity index (χ1v) is 8.94. The van der Waals surface area contributed by atoms with Crippen LogP contribution < -0.4 is 5.14 Å². The molecule has 0 aliphatic carbocycles. The van der Waals surface area contributed by atoms with Crippen LogP contribution >= 0.6 is 0 Å². The van der Waals surface area contributed by atoms with Crippen LogP contribution in [0.3, 0.4) is 0 Å². The van der Waals surface area contributed by atoms with Gasteiger partial charge in [-0.2, -0.15) is 12.7 Å². The Morgan fingerprint density at radius 1 is 1.39 bits per heavy atom. The average Bonchev–Trinajstić information content (AvgIpc) is 3.21. The van der Waals surface area contributed by atoms with Crippen molar-refractivity contribution < 1.29 is 8.42 Å². The van der Waals surface area contributed by atoms with E-state index in [4.69, 9.17) is 5.14 Å². The number of nitrogens with one attached hydrogen (secondary N) is 1. The molecule has 2 atom stereocenters. The van der Waals surface area contributed by atoms with E-state index in [2.05, 4.69) is 20.2 Å².